The zero-order valence-corrected chi connectivity index (χ0v) is 11.6. The summed E-state index contributed by atoms with van der Waals surface area (Å²) in [6, 6.07) is 1.63. The van der Waals surface area contributed by atoms with Gasteiger partial charge in [0.25, 0.3) is 10.2 Å². The van der Waals surface area contributed by atoms with Crippen molar-refractivity contribution >= 4 is 27.5 Å². The predicted octanol–water partition coefficient (Wildman–Crippen LogP) is 1.95. The third-order valence-electron chi connectivity index (χ3n) is 1.95. The summed E-state index contributed by atoms with van der Waals surface area (Å²) in [6.07, 6.45) is 1.38. The highest BCUT2D eigenvalue weighted by Crippen LogP contribution is 2.16. The molecule has 0 saturated carbocycles. The van der Waals surface area contributed by atoms with Crippen molar-refractivity contribution < 1.29 is 8.42 Å². The molecule has 1 rings (SSSR count). The molecule has 1 heterocycles. The van der Waals surface area contributed by atoms with Crippen molar-refractivity contribution in [2.75, 3.05) is 11.3 Å². The molecular formula is C10H16ClN3O2S. The Bertz CT molecular complexity index is 488. The van der Waals surface area contributed by atoms with Crippen LogP contribution in [0, 0.1) is 12.8 Å². The van der Waals surface area contributed by atoms with Gasteiger partial charge in [-0.2, -0.15) is 13.1 Å². The van der Waals surface area contributed by atoms with Crippen LogP contribution in [0.3, 0.4) is 0 Å². The third-order valence-corrected chi connectivity index (χ3v) is 3.40. The lowest BCUT2D eigenvalue weighted by Crippen LogP contribution is -2.32. The maximum atomic E-state index is 11.6. The first-order valence-corrected chi connectivity index (χ1v) is 7.06. The number of nitrogens with zero attached hydrogens (tertiary/aromatic N) is 1. The molecule has 0 unspecified atom stereocenters. The highest BCUT2D eigenvalue weighted by atomic mass is 35.5. The van der Waals surface area contributed by atoms with Gasteiger partial charge in [-0.1, -0.05) is 25.4 Å². The number of aromatic nitrogens is 1. The van der Waals surface area contributed by atoms with Crippen LogP contribution in [0.1, 0.15) is 19.4 Å². The lowest BCUT2D eigenvalue weighted by Gasteiger charge is -2.11. The molecule has 2 N–H and O–H groups in total. The van der Waals surface area contributed by atoms with E-state index in [4.69, 9.17) is 11.6 Å². The average Bonchev–Trinajstić information content (AvgIpc) is 2.21. The number of hydrogen-bond acceptors (Lipinski definition) is 3. The molecule has 0 aliphatic rings. The summed E-state index contributed by atoms with van der Waals surface area (Å²) >= 11 is 5.75. The van der Waals surface area contributed by atoms with Crippen LogP contribution in [0.2, 0.25) is 5.15 Å². The monoisotopic (exact) mass is 277 g/mol. The molecule has 17 heavy (non-hydrogen) atoms. The van der Waals surface area contributed by atoms with Gasteiger partial charge in [0, 0.05) is 6.54 Å². The van der Waals surface area contributed by atoms with E-state index in [0.29, 0.717) is 17.4 Å². The first-order valence-electron chi connectivity index (χ1n) is 5.19. The van der Waals surface area contributed by atoms with Gasteiger partial charge in [-0.15, -0.1) is 0 Å². The van der Waals surface area contributed by atoms with Gasteiger partial charge in [-0.3, -0.25) is 4.72 Å². The maximum Gasteiger partial charge on any atom is 0.299 e. The minimum atomic E-state index is -3.54. The van der Waals surface area contributed by atoms with E-state index in [1.165, 1.54) is 6.20 Å². The van der Waals surface area contributed by atoms with E-state index < -0.39 is 10.2 Å². The summed E-state index contributed by atoms with van der Waals surface area (Å²) in [6.45, 7) is 6.00. The van der Waals surface area contributed by atoms with Crippen molar-refractivity contribution in [1.29, 1.82) is 0 Å². The van der Waals surface area contributed by atoms with Gasteiger partial charge in [0.1, 0.15) is 5.15 Å². The van der Waals surface area contributed by atoms with Crippen LogP contribution in [0.25, 0.3) is 0 Å². The van der Waals surface area contributed by atoms with Crippen LogP contribution in [-0.4, -0.2) is 19.9 Å². The molecule has 0 atom stereocenters. The summed E-state index contributed by atoms with van der Waals surface area (Å²) in [5, 5.41) is 0.364. The minimum Gasteiger partial charge on any atom is -0.270 e. The number of nitrogens with one attached hydrogen (secondary N) is 2. The maximum absolute atomic E-state index is 11.6. The molecule has 0 saturated heterocycles. The third kappa shape index (κ3) is 4.89. The molecule has 0 fully saturated rings. The first-order chi connectivity index (χ1) is 7.80. The van der Waals surface area contributed by atoms with Gasteiger partial charge in [-0.05, 0) is 24.5 Å². The molecule has 5 nitrogen and oxygen atoms in total. The fourth-order valence-corrected chi connectivity index (χ4v) is 2.23. The molecule has 0 bridgehead atoms. The number of anilines is 1. The Hall–Kier alpha value is -0.850. The molecule has 1 aromatic rings. The summed E-state index contributed by atoms with van der Waals surface area (Å²) < 4.78 is 28.1. The normalized spacial score (nSPS) is 11.8. The lowest BCUT2D eigenvalue weighted by molar-refractivity contribution is 0.565. The molecule has 0 aliphatic carbocycles. The van der Waals surface area contributed by atoms with E-state index in [2.05, 4.69) is 14.4 Å². The Morgan fingerprint density at radius 2 is 2.12 bits per heavy atom. The predicted molar refractivity (Wildman–Crippen MR) is 69.4 cm³/mol. The van der Waals surface area contributed by atoms with E-state index in [1.54, 1.807) is 13.0 Å². The van der Waals surface area contributed by atoms with Gasteiger partial charge in [0.05, 0.1) is 11.9 Å². The molecule has 7 heteroatoms. The summed E-state index contributed by atoms with van der Waals surface area (Å²) in [5.41, 5.74) is 1.11. The molecule has 0 amide bonds. The van der Waals surface area contributed by atoms with Crippen LogP contribution in [-0.2, 0) is 10.2 Å². The van der Waals surface area contributed by atoms with Gasteiger partial charge in [-0.25, -0.2) is 4.98 Å². The van der Waals surface area contributed by atoms with Crippen molar-refractivity contribution in [1.82, 2.24) is 9.71 Å². The summed E-state index contributed by atoms with van der Waals surface area (Å²) in [7, 11) is -3.54. The molecular weight excluding hydrogens is 262 g/mol. The number of halogens is 1. The van der Waals surface area contributed by atoms with E-state index in [0.717, 1.165) is 5.56 Å². The van der Waals surface area contributed by atoms with Crippen LogP contribution in [0.4, 0.5) is 5.69 Å². The number of hydrogen-bond donors (Lipinski definition) is 2. The molecule has 0 aliphatic heterocycles. The quantitative estimate of drug-likeness (QED) is 0.808. The highest BCUT2D eigenvalue weighted by Gasteiger charge is 2.10. The second kappa shape index (κ2) is 5.66. The summed E-state index contributed by atoms with van der Waals surface area (Å²) in [4.78, 5) is 3.87. The van der Waals surface area contributed by atoms with Crippen LogP contribution >= 0.6 is 11.6 Å². The van der Waals surface area contributed by atoms with E-state index in [9.17, 15) is 8.42 Å². The Morgan fingerprint density at radius 1 is 1.47 bits per heavy atom. The highest BCUT2D eigenvalue weighted by molar-refractivity contribution is 7.90. The fraction of sp³-hybridized carbons (Fsp3) is 0.500. The van der Waals surface area contributed by atoms with Crippen LogP contribution < -0.4 is 9.44 Å². The Labute approximate surface area is 107 Å². The van der Waals surface area contributed by atoms with Crippen LogP contribution in [0.5, 0.6) is 0 Å². The standard InChI is InChI=1S/C10H16ClN3O2S/c1-7(2)5-13-17(15,16)14-9-4-8(3)10(11)12-6-9/h4,6-7,13-14H,5H2,1-3H3. The lowest BCUT2D eigenvalue weighted by atomic mass is 10.2. The van der Waals surface area contributed by atoms with Crippen molar-refractivity contribution in [3.63, 3.8) is 0 Å². The van der Waals surface area contributed by atoms with Crippen molar-refractivity contribution in [2.24, 2.45) is 5.92 Å². The van der Waals surface area contributed by atoms with Crippen molar-refractivity contribution in [3.8, 4) is 0 Å². The zero-order valence-electron chi connectivity index (χ0n) is 9.99. The largest absolute Gasteiger partial charge is 0.299 e. The van der Waals surface area contributed by atoms with E-state index >= 15 is 0 Å². The Balaban J connectivity index is 2.73. The smallest absolute Gasteiger partial charge is 0.270 e. The van der Waals surface area contributed by atoms with Crippen molar-refractivity contribution in [2.45, 2.75) is 20.8 Å². The molecule has 0 radical (unpaired) electrons. The van der Waals surface area contributed by atoms with Crippen LogP contribution in [0.15, 0.2) is 12.3 Å². The molecule has 96 valence electrons. The second-order valence-corrected chi connectivity index (χ2v) is 6.04. The minimum absolute atomic E-state index is 0.247. The average molecular weight is 278 g/mol. The Morgan fingerprint density at radius 3 is 2.65 bits per heavy atom. The molecule has 1 aromatic heterocycles. The number of aryl methyl sites for hydroxylation is 1. The topological polar surface area (TPSA) is 71.1 Å². The molecule has 0 spiro atoms. The number of rotatable bonds is 5. The van der Waals surface area contributed by atoms with E-state index in [1.807, 2.05) is 13.8 Å². The summed E-state index contributed by atoms with van der Waals surface area (Å²) in [5.74, 6) is 0.247. The van der Waals surface area contributed by atoms with Gasteiger partial charge in [0.15, 0.2) is 0 Å². The zero-order chi connectivity index (χ0) is 13.1. The first kappa shape index (κ1) is 14.2. The fourth-order valence-electron chi connectivity index (χ4n) is 1.08. The van der Waals surface area contributed by atoms with Gasteiger partial charge in [0.2, 0.25) is 0 Å². The number of pyridine rings is 1. The van der Waals surface area contributed by atoms with E-state index in [-0.39, 0.29) is 5.92 Å². The second-order valence-electron chi connectivity index (χ2n) is 4.18. The molecule has 0 aromatic carbocycles. The Kier molecular flexibility index (Phi) is 4.73. The van der Waals surface area contributed by atoms with Gasteiger partial charge >= 0.3 is 0 Å². The van der Waals surface area contributed by atoms with Gasteiger partial charge < -0.3 is 0 Å². The SMILES string of the molecule is Cc1cc(NS(=O)(=O)NCC(C)C)cnc1Cl. The van der Waals surface area contributed by atoms with Crippen molar-refractivity contribution in [3.05, 3.63) is 23.0 Å².